The number of hydrogen-bond donors (Lipinski definition) is 0. The molecule has 1 rings (SSSR count). The monoisotopic (exact) mass is 221 g/mol. The quantitative estimate of drug-likeness (QED) is 0.448. The molecule has 78 valence electrons. The van der Waals surface area contributed by atoms with E-state index in [1.54, 1.807) is 13.8 Å². The molecule has 0 unspecified atom stereocenters. The Morgan fingerprint density at radius 3 is 2.87 bits per heavy atom. The van der Waals surface area contributed by atoms with Crippen molar-refractivity contribution in [2.24, 2.45) is 0 Å². The summed E-state index contributed by atoms with van der Waals surface area (Å²) in [5.74, 6) is -0.569. The summed E-state index contributed by atoms with van der Waals surface area (Å²) in [5, 5.41) is 10.7. The van der Waals surface area contributed by atoms with Crippen molar-refractivity contribution in [1.29, 1.82) is 5.26 Å². The zero-order valence-corrected chi connectivity index (χ0v) is 9.38. The lowest BCUT2D eigenvalue weighted by Gasteiger charge is -2.05. The molecule has 0 spiro atoms. The molecule has 15 heavy (non-hydrogen) atoms. The van der Waals surface area contributed by atoms with Crippen molar-refractivity contribution in [3.63, 3.8) is 0 Å². The molecular weight excluding hydrogens is 210 g/mol. The average Bonchev–Trinajstić information content (AvgIpc) is 2.65. The lowest BCUT2D eigenvalue weighted by atomic mass is 10.2. The number of esters is 1. The van der Waals surface area contributed by atoms with E-state index in [-0.39, 0.29) is 11.7 Å². The van der Waals surface area contributed by atoms with Crippen LogP contribution in [0.3, 0.4) is 0 Å². The van der Waals surface area contributed by atoms with E-state index in [4.69, 9.17) is 10.00 Å². The third-order valence-electron chi connectivity index (χ3n) is 1.51. The van der Waals surface area contributed by atoms with Crippen LogP contribution < -0.4 is 0 Å². The van der Waals surface area contributed by atoms with E-state index in [1.165, 1.54) is 17.4 Å². The Balaban J connectivity index is 2.81. The van der Waals surface area contributed by atoms with Crippen LogP contribution in [0.2, 0.25) is 0 Å². The second-order valence-corrected chi connectivity index (χ2v) is 4.12. The molecule has 0 saturated carbocycles. The van der Waals surface area contributed by atoms with E-state index in [1.807, 2.05) is 23.6 Å². The van der Waals surface area contributed by atoms with Crippen molar-refractivity contribution in [3.05, 3.63) is 28.0 Å². The van der Waals surface area contributed by atoms with Crippen molar-refractivity contribution in [3.8, 4) is 6.07 Å². The minimum absolute atomic E-state index is 0.0335. The predicted octanol–water partition coefficient (Wildman–Crippen LogP) is 2.61. The summed E-state index contributed by atoms with van der Waals surface area (Å²) in [7, 11) is 0. The van der Waals surface area contributed by atoms with E-state index in [2.05, 4.69) is 0 Å². The van der Waals surface area contributed by atoms with Crippen LogP contribution in [0.4, 0.5) is 0 Å². The van der Waals surface area contributed by atoms with Crippen molar-refractivity contribution in [1.82, 2.24) is 0 Å². The van der Waals surface area contributed by atoms with E-state index in [0.717, 1.165) is 4.88 Å². The highest BCUT2D eigenvalue weighted by Gasteiger charge is 2.12. The number of carbonyl (C=O) groups is 1. The fraction of sp³-hybridized carbons (Fsp3) is 0.273. The first-order valence-electron chi connectivity index (χ1n) is 4.49. The summed E-state index contributed by atoms with van der Waals surface area (Å²) < 4.78 is 4.93. The van der Waals surface area contributed by atoms with Crippen molar-refractivity contribution in [2.45, 2.75) is 20.0 Å². The third-order valence-corrected chi connectivity index (χ3v) is 2.33. The molecule has 0 atom stereocenters. The Morgan fingerprint density at radius 1 is 1.67 bits per heavy atom. The zero-order valence-electron chi connectivity index (χ0n) is 8.56. The molecule has 1 heterocycles. The number of carbonyl (C=O) groups excluding carboxylic acids is 1. The smallest absolute Gasteiger partial charge is 0.349 e. The first kappa shape index (κ1) is 11.5. The highest BCUT2D eigenvalue weighted by molar-refractivity contribution is 7.10. The molecule has 0 aliphatic heterocycles. The summed E-state index contributed by atoms with van der Waals surface area (Å²) in [5.41, 5.74) is 0.0335. The molecule has 0 radical (unpaired) electrons. The number of thiophene rings is 1. The summed E-state index contributed by atoms with van der Waals surface area (Å²) >= 11 is 1.47. The molecule has 0 aromatic carbocycles. The molecule has 1 aromatic rings. The zero-order chi connectivity index (χ0) is 11.3. The summed E-state index contributed by atoms with van der Waals surface area (Å²) in [6.07, 6.45) is 1.33. The number of nitrogens with zero attached hydrogens (tertiary/aromatic N) is 1. The lowest BCUT2D eigenvalue weighted by Crippen LogP contribution is -2.12. The molecule has 0 fully saturated rings. The molecule has 0 saturated heterocycles. The van der Waals surface area contributed by atoms with Gasteiger partial charge in [-0.2, -0.15) is 5.26 Å². The number of nitriles is 1. The lowest BCUT2D eigenvalue weighted by molar-refractivity contribution is -0.142. The van der Waals surface area contributed by atoms with Gasteiger partial charge in [-0.05, 0) is 31.4 Å². The highest BCUT2D eigenvalue weighted by Crippen LogP contribution is 2.14. The van der Waals surface area contributed by atoms with Crippen LogP contribution in [0.15, 0.2) is 23.1 Å². The van der Waals surface area contributed by atoms with Gasteiger partial charge in [0.2, 0.25) is 0 Å². The minimum atomic E-state index is -0.569. The van der Waals surface area contributed by atoms with Crippen LogP contribution in [0.25, 0.3) is 6.08 Å². The number of ether oxygens (including phenoxy) is 1. The van der Waals surface area contributed by atoms with Gasteiger partial charge in [0.1, 0.15) is 11.6 Å². The molecule has 0 amide bonds. The van der Waals surface area contributed by atoms with E-state index in [0.29, 0.717) is 0 Å². The van der Waals surface area contributed by atoms with Crippen LogP contribution in [0, 0.1) is 11.3 Å². The highest BCUT2D eigenvalue weighted by atomic mass is 32.1. The van der Waals surface area contributed by atoms with Gasteiger partial charge in [0, 0.05) is 4.88 Å². The average molecular weight is 221 g/mol. The van der Waals surface area contributed by atoms with E-state index < -0.39 is 5.97 Å². The van der Waals surface area contributed by atoms with Crippen LogP contribution >= 0.6 is 11.3 Å². The summed E-state index contributed by atoms with van der Waals surface area (Å²) in [4.78, 5) is 12.3. The molecule has 4 heteroatoms. The molecule has 0 aliphatic carbocycles. The van der Waals surface area contributed by atoms with Crippen LogP contribution in [-0.2, 0) is 9.53 Å². The summed E-state index contributed by atoms with van der Waals surface area (Å²) in [6.45, 7) is 3.50. The van der Waals surface area contributed by atoms with Crippen LogP contribution in [0.1, 0.15) is 18.7 Å². The first-order valence-corrected chi connectivity index (χ1v) is 5.37. The normalized spacial score (nSPS) is 11.2. The minimum Gasteiger partial charge on any atom is -0.459 e. The fourth-order valence-electron chi connectivity index (χ4n) is 0.930. The predicted molar refractivity (Wildman–Crippen MR) is 59.1 cm³/mol. The molecule has 3 nitrogen and oxygen atoms in total. The van der Waals surface area contributed by atoms with Crippen LogP contribution in [-0.4, -0.2) is 12.1 Å². The van der Waals surface area contributed by atoms with E-state index in [9.17, 15) is 4.79 Å². The van der Waals surface area contributed by atoms with Crippen molar-refractivity contribution < 1.29 is 9.53 Å². The van der Waals surface area contributed by atoms with Gasteiger partial charge < -0.3 is 4.74 Å². The van der Waals surface area contributed by atoms with Gasteiger partial charge in [-0.25, -0.2) is 4.79 Å². The fourth-order valence-corrected chi connectivity index (χ4v) is 1.59. The topological polar surface area (TPSA) is 50.1 Å². The maximum Gasteiger partial charge on any atom is 0.349 e. The Kier molecular flexibility index (Phi) is 4.07. The van der Waals surface area contributed by atoms with Gasteiger partial charge >= 0.3 is 5.97 Å². The molecule has 1 aromatic heterocycles. The molecular formula is C11H11NO2S. The second-order valence-electron chi connectivity index (χ2n) is 3.14. The first-order chi connectivity index (χ1) is 7.13. The third kappa shape index (κ3) is 3.56. The van der Waals surface area contributed by atoms with Gasteiger partial charge in [0.25, 0.3) is 0 Å². The Labute approximate surface area is 92.6 Å². The number of rotatable bonds is 3. The Morgan fingerprint density at radius 2 is 2.40 bits per heavy atom. The van der Waals surface area contributed by atoms with Gasteiger partial charge in [-0.3, -0.25) is 0 Å². The maximum atomic E-state index is 11.4. The van der Waals surface area contributed by atoms with Gasteiger partial charge in [-0.1, -0.05) is 6.07 Å². The van der Waals surface area contributed by atoms with Crippen molar-refractivity contribution in [2.75, 3.05) is 0 Å². The molecule has 0 bridgehead atoms. The standard InChI is InChI=1S/C11H11NO2S/c1-8(2)14-11(13)9(7-12)6-10-4-3-5-15-10/h3-6,8H,1-2H3/b9-6+. The number of hydrogen-bond acceptors (Lipinski definition) is 4. The SMILES string of the molecule is CC(C)OC(=O)/C(C#N)=C/c1cccs1. The van der Waals surface area contributed by atoms with Crippen LogP contribution in [0.5, 0.6) is 0 Å². The van der Waals surface area contributed by atoms with Crippen molar-refractivity contribution >= 4 is 23.4 Å². The Bertz CT molecular complexity index is 399. The molecule has 0 N–H and O–H groups in total. The Hall–Kier alpha value is -1.60. The van der Waals surface area contributed by atoms with Gasteiger partial charge in [-0.15, -0.1) is 11.3 Å². The van der Waals surface area contributed by atoms with Gasteiger partial charge in [0.05, 0.1) is 6.10 Å². The van der Waals surface area contributed by atoms with E-state index >= 15 is 0 Å². The largest absolute Gasteiger partial charge is 0.459 e. The second kappa shape index (κ2) is 5.32. The maximum absolute atomic E-state index is 11.4. The molecule has 0 aliphatic rings. The van der Waals surface area contributed by atoms with Gasteiger partial charge in [0.15, 0.2) is 0 Å². The summed E-state index contributed by atoms with van der Waals surface area (Å²) in [6, 6.07) is 5.54.